The van der Waals surface area contributed by atoms with Crippen LogP contribution in [0.25, 0.3) is 5.57 Å². The van der Waals surface area contributed by atoms with Gasteiger partial charge in [0.15, 0.2) is 0 Å². The van der Waals surface area contributed by atoms with E-state index in [9.17, 15) is 18.0 Å². The van der Waals surface area contributed by atoms with Gasteiger partial charge in [-0.2, -0.15) is 13.2 Å². The van der Waals surface area contributed by atoms with Crippen molar-refractivity contribution in [1.29, 1.82) is 0 Å². The van der Waals surface area contributed by atoms with Crippen LogP contribution in [0.3, 0.4) is 0 Å². The number of allylic oxidation sites excluding steroid dienone is 1. The molecule has 1 aliphatic rings. The molecule has 0 aromatic heterocycles. The summed E-state index contributed by atoms with van der Waals surface area (Å²) < 4.78 is 38.5. The summed E-state index contributed by atoms with van der Waals surface area (Å²) in [5, 5.41) is 4.00. The molecule has 3 nitrogen and oxygen atoms in total. The Kier molecular flexibility index (Phi) is 8.47. The van der Waals surface area contributed by atoms with Crippen molar-refractivity contribution < 1.29 is 18.0 Å². The molecule has 0 aliphatic carbocycles. The van der Waals surface area contributed by atoms with E-state index in [4.69, 9.17) is 11.6 Å². The Labute approximate surface area is 204 Å². The maximum Gasteiger partial charge on any atom is 0.416 e. The molecule has 7 heteroatoms. The summed E-state index contributed by atoms with van der Waals surface area (Å²) in [6.07, 6.45) is 1.16. The minimum atomic E-state index is -4.40. The molecule has 1 saturated heterocycles. The highest BCUT2D eigenvalue weighted by Gasteiger charge is 2.35. The van der Waals surface area contributed by atoms with Crippen LogP contribution < -0.4 is 10.2 Å². The lowest BCUT2D eigenvalue weighted by Gasteiger charge is -2.19. The highest BCUT2D eigenvalue weighted by molar-refractivity contribution is 6.30. The number of unbranched alkanes of at least 4 members (excludes halogenated alkanes) is 1. The zero-order valence-electron chi connectivity index (χ0n) is 19.5. The second-order valence-electron chi connectivity index (χ2n) is 8.56. The van der Waals surface area contributed by atoms with Gasteiger partial charge in [0.25, 0.3) is 0 Å². The number of benzene rings is 2. The first-order valence-electron chi connectivity index (χ1n) is 11.5. The Hall–Kier alpha value is -2.73. The molecule has 0 spiro atoms. The van der Waals surface area contributed by atoms with E-state index in [1.54, 1.807) is 0 Å². The number of nitrogens with zero attached hydrogens (tertiary/aromatic N) is 1. The lowest BCUT2D eigenvalue weighted by atomic mass is 9.96. The van der Waals surface area contributed by atoms with Gasteiger partial charge in [-0.15, -0.1) is 0 Å². The van der Waals surface area contributed by atoms with Crippen LogP contribution in [-0.4, -0.2) is 19.0 Å². The first kappa shape index (κ1) is 25.9. The average Bonchev–Trinajstić information content (AvgIpc) is 3.18. The second-order valence-corrected chi connectivity index (χ2v) is 8.99. The van der Waals surface area contributed by atoms with Crippen LogP contribution in [-0.2, 0) is 11.0 Å². The van der Waals surface area contributed by atoms with Gasteiger partial charge < -0.3 is 10.2 Å². The summed E-state index contributed by atoms with van der Waals surface area (Å²) in [4.78, 5) is 14.5. The Morgan fingerprint density at radius 2 is 1.94 bits per heavy atom. The largest absolute Gasteiger partial charge is 0.416 e. The summed E-state index contributed by atoms with van der Waals surface area (Å²) in [5.74, 6) is -0.553. The van der Waals surface area contributed by atoms with Crippen molar-refractivity contribution in [1.82, 2.24) is 5.32 Å². The summed E-state index contributed by atoms with van der Waals surface area (Å²) >= 11 is 6.22. The van der Waals surface area contributed by atoms with E-state index in [0.29, 0.717) is 35.9 Å². The molecule has 2 aromatic rings. The monoisotopic (exact) mass is 490 g/mol. The number of hydrogen-bond donors (Lipinski definition) is 1. The predicted molar refractivity (Wildman–Crippen MR) is 133 cm³/mol. The van der Waals surface area contributed by atoms with Crippen molar-refractivity contribution in [3.63, 3.8) is 0 Å². The highest BCUT2D eigenvalue weighted by Crippen LogP contribution is 2.33. The van der Waals surface area contributed by atoms with E-state index >= 15 is 0 Å². The molecule has 1 atom stereocenters. The van der Waals surface area contributed by atoms with E-state index in [2.05, 4.69) is 31.8 Å². The number of hydrogen-bond acceptors (Lipinski definition) is 2. The first-order valence-corrected chi connectivity index (χ1v) is 11.9. The molecule has 0 bridgehead atoms. The van der Waals surface area contributed by atoms with Crippen LogP contribution >= 0.6 is 11.6 Å². The van der Waals surface area contributed by atoms with Crippen LogP contribution in [0.5, 0.6) is 0 Å². The molecule has 1 aliphatic heterocycles. The van der Waals surface area contributed by atoms with Gasteiger partial charge in [0.2, 0.25) is 5.91 Å². The van der Waals surface area contributed by atoms with Crippen molar-refractivity contribution in [2.45, 2.75) is 45.7 Å². The summed E-state index contributed by atoms with van der Waals surface area (Å²) in [6.45, 7) is 9.33. The summed E-state index contributed by atoms with van der Waals surface area (Å²) in [6, 6.07) is 10.6. The lowest BCUT2D eigenvalue weighted by Crippen LogP contribution is -2.30. The third kappa shape index (κ3) is 6.23. The van der Waals surface area contributed by atoms with Crippen LogP contribution in [0, 0.1) is 12.8 Å². The molecular formula is C27H30ClF3N2O. The number of alkyl halides is 3. The minimum absolute atomic E-state index is 0.148. The standard InChI is InChI=1S/C27H30ClF3N2O/c1-4-5-6-20(25-17-22(28)10-7-18(25)2)13-15-32-19(3)24-14-16-33(26(24)34)23-11-8-21(9-12-23)27(29,30)31/h6-12,17,24,32H,3-5,13-16H2,1-2H3/b20-6-. The number of anilines is 1. The fourth-order valence-electron chi connectivity index (χ4n) is 4.18. The quantitative estimate of drug-likeness (QED) is 0.397. The molecule has 34 heavy (non-hydrogen) atoms. The summed E-state index contributed by atoms with van der Waals surface area (Å²) in [5.41, 5.74) is 3.85. The molecule has 182 valence electrons. The van der Waals surface area contributed by atoms with Gasteiger partial charge in [-0.25, -0.2) is 0 Å². The Morgan fingerprint density at radius 1 is 1.24 bits per heavy atom. The molecule has 0 saturated carbocycles. The molecule has 0 radical (unpaired) electrons. The van der Waals surface area contributed by atoms with Crippen molar-refractivity contribution >= 4 is 28.8 Å². The number of carbonyl (C=O) groups excluding carboxylic acids is 1. The zero-order valence-corrected chi connectivity index (χ0v) is 20.3. The predicted octanol–water partition coefficient (Wildman–Crippen LogP) is 7.40. The third-order valence-corrected chi connectivity index (χ3v) is 6.34. The van der Waals surface area contributed by atoms with Crippen LogP contribution in [0.2, 0.25) is 5.02 Å². The smallest absolute Gasteiger partial charge is 0.388 e. The number of rotatable bonds is 9. The van der Waals surface area contributed by atoms with E-state index in [1.807, 2.05) is 18.2 Å². The lowest BCUT2D eigenvalue weighted by molar-refractivity contribution is -0.137. The molecule has 1 heterocycles. The van der Waals surface area contributed by atoms with Gasteiger partial charge in [0.05, 0.1) is 11.5 Å². The number of nitrogens with one attached hydrogen (secondary N) is 1. The fraction of sp³-hybridized carbons (Fsp3) is 0.370. The number of halogens is 4. The zero-order chi connectivity index (χ0) is 24.9. The maximum atomic E-state index is 12.9. The number of aryl methyl sites for hydroxylation is 1. The van der Waals surface area contributed by atoms with Gasteiger partial charge in [0, 0.05) is 29.5 Å². The third-order valence-electron chi connectivity index (χ3n) is 6.10. The number of carbonyl (C=O) groups is 1. The normalized spacial score (nSPS) is 16.8. The topological polar surface area (TPSA) is 32.3 Å². The fourth-order valence-corrected chi connectivity index (χ4v) is 4.35. The summed E-state index contributed by atoms with van der Waals surface area (Å²) in [7, 11) is 0. The Balaban J connectivity index is 1.61. The average molecular weight is 491 g/mol. The van der Waals surface area contributed by atoms with Crippen molar-refractivity contribution in [3.05, 3.63) is 82.5 Å². The van der Waals surface area contributed by atoms with Crippen molar-refractivity contribution in [2.75, 3.05) is 18.0 Å². The maximum absolute atomic E-state index is 12.9. The van der Waals surface area contributed by atoms with E-state index in [-0.39, 0.29) is 5.91 Å². The SMILES string of the molecule is C=C(NCC/C(=C/CCC)c1cc(Cl)ccc1C)C1CCN(c2ccc(C(F)(F)F)cc2)C1=O. The first-order chi connectivity index (χ1) is 16.1. The Morgan fingerprint density at radius 3 is 2.59 bits per heavy atom. The molecule has 1 amide bonds. The molecule has 2 aromatic carbocycles. The molecular weight excluding hydrogens is 461 g/mol. The highest BCUT2D eigenvalue weighted by atomic mass is 35.5. The van der Waals surface area contributed by atoms with Gasteiger partial charge >= 0.3 is 6.18 Å². The number of amides is 1. The van der Waals surface area contributed by atoms with Gasteiger partial charge in [-0.1, -0.05) is 43.7 Å². The van der Waals surface area contributed by atoms with Gasteiger partial charge in [-0.05, 0) is 79.3 Å². The molecule has 1 unspecified atom stereocenters. The van der Waals surface area contributed by atoms with E-state index < -0.39 is 17.7 Å². The Bertz CT molecular complexity index is 1060. The second kappa shape index (κ2) is 11.1. The minimum Gasteiger partial charge on any atom is -0.388 e. The molecule has 3 rings (SSSR count). The van der Waals surface area contributed by atoms with Crippen molar-refractivity contribution in [2.24, 2.45) is 5.92 Å². The van der Waals surface area contributed by atoms with E-state index in [0.717, 1.165) is 42.5 Å². The van der Waals surface area contributed by atoms with Crippen LogP contribution in [0.1, 0.15) is 49.3 Å². The van der Waals surface area contributed by atoms with Gasteiger partial charge in [-0.3, -0.25) is 4.79 Å². The van der Waals surface area contributed by atoms with Crippen LogP contribution in [0.4, 0.5) is 18.9 Å². The van der Waals surface area contributed by atoms with Crippen molar-refractivity contribution in [3.8, 4) is 0 Å². The van der Waals surface area contributed by atoms with E-state index in [1.165, 1.54) is 22.6 Å². The molecule has 1 N–H and O–H groups in total. The van der Waals surface area contributed by atoms with Gasteiger partial charge in [0.1, 0.15) is 0 Å². The molecule has 1 fully saturated rings. The van der Waals surface area contributed by atoms with Crippen LogP contribution in [0.15, 0.2) is 60.8 Å².